The third-order valence-electron chi connectivity index (χ3n) is 3.26. The molecule has 0 unspecified atom stereocenters. The van der Waals surface area contributed by atoms with Crippen LogP contribution in [0.3, 0.4) is 0 Å². The van der Waals surface area contributed by atoms with Crippen LogP contribution in [0.25, 0.3) is 11.1 Å². The molecule has 4 heteroatoms. The Morgan fingerprint density at radius 1 is 0.800 bits per heavy atom. The average Bonchev–Trinajstić information content (AvgIpc) is 2.47. The molecule has 2 aromatic rings. The number of nitrogens with two attached hydrogens (primary N) is 1. The number of methoxy groups -OCH3 is 3. The highest BCUT2D eigenvalue weighted by atomic mass is 16.5. The Bertz CT molecular complexity index is 623. The maximum Gasteiger partial charge on any atom is 0.203 e. The molecule has 2 aromatic carbocycles. The molecule has 0 aliphatic heterocycles. The lowest BCUT2D eigenvalue weighted by Crippen LogP contribution is -1.98. The van der Waals surface area contributed by atoms with E-state index in [1.807, 2.05) is 37.3 Å². The van der Waals surface area contributed by atoms with Gasteiger partial charge in [-0.25, -0.2) is 0 Å². The van der Waals surface area contributed by atoms with E-state index in [-0.39, 0.29) is 0 Å². The van der Waals surface area contributed by atoms with E-state index < -0.39 is 0 Å². The van der Waals surface area contributed by atoms with E-state index in [4.69, 9.17) is 19.9 Å². The molecule has 0 aliphatic carbocycles. The number of anilines is 1. The number of aryl methyl sites for hydroxylation is 1. The van der Waals surface area contributed by atoms with Crippen LogP contribution in [0.2, 0.25) is 0 Å². The second-order valence-electron chi connectivity index (χ2n) is 4.46. The van der Waals surface area contributed by atoms with E-state index in [9.17, 15) is 0 Å². The second-order valence-corrected chi connectivity index (χ2v) is 4.46. The molecule has 20 heavy (non-hydrogen) atoms. The molecule has 0 bridgehead atoms. The number of rotatable bonds is 4. The Morgan fingerprint density at radius 2 is 1.50 bits per heavy atom. The van der Waals surface area contributed by atoms with Gasteiger partial charge >= 0.3 is 0 Å². The fourth-order valence-electron chi connectivity index (χ4n) is 2.24. The van der Waals surface area contributed by atoms with Gasteiger partial charge in [-0.3, -0.25) is 0 Å². The van der Waals surface area contributed by atoms with Crippen molar-refractivity contribution in [2.75, 3.05) is 27.1 Å². The zero-order valence-electron chi connectivity index (χ0n) is 12.2. The topological polar surface area (TPSA) is 53.7 Å². The van der Waals surface area contributed by atoms with Crippen LogP contribution in [0.5, 0.6) is 17.2 Å². The molecular formula is C16H19NO3. The summed E-state index contributed by atoms with van der Waals surface area (Å²) in [6.07, 6.45) is 0. The fraction of sp³-hybridized carbons (Fsp3) is 0.250. The number of ether oxygens (including phenoxy) is 3. The van der Waals surface area contributed by atoms with Crippen LogP contribution >= 0.6 is 0 Å². The monoisotopic (exact) mass is 273 g/mol. The summed E-state index contributed by atoms with van der Waals surface area (Å²) in [6.45, 7) is 2.03. The zero-order valence-corrected chi connectivity index (χ0v) is 12.2. The molecule has 0 spiro atoms. The second kappa shape index (κ2) is 5.74. The molecule has 0 atom stereocenters. The molecule has 0 amide bonds. The maximum absolute atomic E-state index is 5.89. The molecule has 0 heterocycles. The average molecular weight is 273 g/mol. The van der Waals surface area contributed by atoms with Crippen molar-refractivity contribution in [3.05, 3.63) is 35.9 Å². The summed E-state index contributed by atoms with van der Waals surface area (Å²) in [5, 5.41) is 0. The highest BCUT2D eigenvalue weighted by molar-refractivity contribution is 5.80. The van der Waals surface area contributed by atoms with E-state index in [0.29, 0.717) is 22.9 Å². The van der Waals surface area contributed by atoms with E-state index in [2.05, 4.69) is 0 Å². The van der Waals surface area contributed by atoms with Gasteiger partial charge in [0, 0.05) is 11.3 Å². The first-order chi connectivity index (χ1) is 9.62. The van der Waals surface area contributed by atoms with Crippen molar-refractivity contribution in [1.29, 1.82) is 0 Å². The van der Waals surface area contributed by atoms with Crippen LogP contribution in [-0.2, 0) is 0 Å². The van der Waals surface area contributed by atoms with Gasteiger partial charge in [-0.05, 0) is 42.3 Å². The number of hydrogen-bond donors (Lipinski definition) is 1. The molecule has 0 aromatic heterocycles. The first-order valence-corrected chi connectivity index (χ1v) is 6.27. The summed E-state index contributed by atoms with van der Waals surface area (Å²) in [6, 6.07) is 9.60. The highest BCUT2D eigenvalue weighted by Crippen LogP contribution is 2.45. The van der Waals surface area contributed by atoms with Gasteiger partial charge in [0.15, 0.2) is 11.5 Å². The van der Waals surface area contributed by atoms with E-state index in [0.717, 1.165) is 16.7 Å². The van der Waals surface area contributed by atoms with Gasteiger partial charge in [0.25, 0.3) is 0 Å². The molecular weight excluding hydrogens is 254 g/mol. The predicted molar refractivity (Wildman–Crippen MR) is 80.7 cm³/mol. The van der Waals surface area contributed by atoms with Crippen molar-refractivity contribution in [3.63, 3.8) is 0 Å². The Kier molecular flexibility index (Phi) is 4.03. The van der Waals surface area contributed by atoms with Gasteiger partial charge in [-0.1, -0.05) is 6.07 Å². The molecule has 0 fully saturated rings. The SMILES string of the molecule is COc1ccc(-c2cc(N)ccc2C)c(OC)c1OC. The molecule has 106 valence electrons. The first-order valence-electron chi connectivity index (χ1n) is 6.27. The fourth-order valence-corrected chi connectivity index (χ4v) is 2.24. The third-order valence-corrected chi connectivity index (χ3v) is 3.26. The van der Waals surface area contributed by atoms with Crippen molar-refractivity contribution < 1.29 is 14.2 Å². The smallest absolute Gasteiger partial charge is 0.203 e. The Labute approximate surface area is 119 Å². The van der Waals surface area contributed by atoms with Crippen LogP contribution < -0.4 is 19.9 Å². The van der Waals surface area contributed by atoms with Crippen molar-refractivity contribution in [1.82, 2.24) is 0 Å². The lowest BCUT2D eigenvalue weighted by Gasteiger charge is -2.17. The molecule has 0 radical (unpaired) electrons. The quantitative estimate of drug-likeness (QED) is 0.869. The summed E-state index contributed by atoms with van der Waals surface area (Å²) >= 11 is 0. The Balaban J connectivity index is 2.71. The van der Waals surface area contributed by atoms with Crippen LogP contribution in [0.4, 0.5) is 5.69 Å². The summed E-state index contributed by atoms with van der Waals surface area (Å²) in [4.78, 5) is 0. The van der Waals surface area contributed by atoms with E-state index >= 15 is 0 Å². The van der Waals surface area contributed by atoms with Gasteiger partial charge in [-0.15, -0.1) is 0 Å². The molecule has 2 rings (SSSR count). The lowest BCUT2D eigenvalue weighted by atomic mass is 9.98. The van der Waals surface area contributed by atoms with Crippen molar-refractivity contribution in [2.45, 2.75) is 6.92 Å². The standard InChI is InChI=1S/C16H19NO3/c1-10-5-6-11(17)9-13(10)12-7-8-14(18-2)16(20-4)15(12)19-3/h5-9H,17H2,1-4H3. The first kappa shape index (κ1) is 14.1. The van der Waals surface area contributed by atoms with Crippen LogP contribution in [0, 0.1) is 6.92 Å². The van der Waals surface area contributed by atoms with Gasteiger partial charge in [-0.2, -0.15) is 0 Å². The summed E-state index contributed by atoms with van der Waals surface area (Å²) < 4.78 is 16.2. The van der Waals surface area contributed by atoms with Crippen molar-refractivity contribution in [2.24, 2.45) is 0 Å². The number of nitrogen functional groups attached to an aromatic ring is 1. The van der Waals surface area contributed by atoms with E-state index in [1.54, 1.807) is 21.3 Å². The van der Waals surface area contributed by atoms with Gasteiger partial charge in [0.1, 0.15) is 0 Å². The van der Waals surface area contributed by atoms with Crippen molar-refractivity contribution >= 4 is 5.69 Å². The maximum atomic E-state index is 5.89. The number of benzene rings is 2. The Hall–Kier alpha value is -2.36. The zero-order chi connectivity index (χ0) is 14.7. The van der Waals surface area contributed by atoms with E-state index in [1.165, 1.54) is 0 Å². The minimum absolute atomic E-state index is 0.578. The van der Waals surface area contributed by atoms with Crippen LogP contribution in [-0.4, -0.2) is 21.3 Å². The lowest BCUT2D eigenvalue weighted by molar-refractivity contribution is 0.325. The van der Waals surface area contributed by atoms with Crippen LogP contribution in [0.15, 0.2) is 30.3 Å². The highest BCUT2D eigenvalue weighted by Gasteiger charge is 2.18. The molecule has 0 saturated carbocycles. The Morgan fingerprint density at radius 3 is 2.10 bits per heavy atom. The van der Waals surface area contributed by atoms with Crippen molar-refractivity contribution in [3.8, 4) is 28.4 Å². The third kappa shape index (κ3) is 2.37. The number of hydrogen-bond acceptors (Lipinski definition) is 4. The molecule has 4 nitrogen and oxygen atoms in total. The van der Waals surface area contributed by atoms with Gasteiger partial charge in [0.05, 0.1) is 21.3 Å². The van der Waals surface area contributed by atoms with Gasteiger partial charge in [0.2, 0.25) is 5.75 Å². The molecule has 0 saturated heterocycles. The molecule has 2 N–H and O–H groups in total. The summed E-state index contributed by atoms with van der Waals surface area (Å²) in [5.74, 6) is 1.85. The predicted octanol–water partition coefficient (Wildman–Crippen LogP) is 3.27. The minimum atomic E-state index is 0.578. The largest absolute Gasteiger partial charge is 0.493 e. The van der Waals surface area contributed by atoms with Gasteiger partial charge < -0.3 is 19.9 Å². The normalized spacial score (nSPS) is 10.2. The molecule has 0 aliphatic rings. The van der Waals surface area contributed by atoms with Crippen LogP contribution in [0.1, 0.15) is 5.56 Å². The summed E-state index contributed by atoms with van der Waals surface area (Å²) in [5.41, 5.74) is 9.65. The minimum Gasteiger partial charge on any atom is -0.493 e. The summed E-state index contributed by atoms with van der Waals surface area (Å²) in [7, 11) is 4.81.